The van der Waals surface area contributed by atoms with E-state index in [9.17, 15) is 4.79 Å². The highest BCUT2D eigenvalue weighted by molar-refractivity contribution is 6.29. The van der Waals surface area contributed by atoms with E-state index in [0.29, 0.717) is 17.3 Å². The highest BCUT2D eigenvalue weighted by Gasteiger charge is 2.14. The lowest BCUT2D eigenvalue weighted by atomic mass is 10.1. The van der Waals surface area contributed by atoms with Crippen molar-refractivity contribution in [3.63, 3.8) is 0 Å². The van der Waals surface area contributed by atoms with Crippen LogP contribution >= 0.6 is 11.6 Å². The molecule has 0 atom stereocenters. The minimum atomic E-state index is -0.0616. The molecule has 0 aliphatic heterocycles. The maximum absolute atomic E-state index is 12.5. The normalized spacial score (nSPS) is 10.4. The van der Waals surface area contributed by atoms with E-state index in [1.807, 2.05) is 18.2 Å². The largest absolute Gasteiger partial charge is 0.337 e. The van der Waals surface area contributed by atoms with Gasteiger partial charge in [-0.3, -0.25) is 9.78 Å². The zero-order valence-corrected chi connectivity index (χ0v) is 13.0. The van der Waals surface area contributed by atoms with Gasteiger partial charge in [0, 0.05) is 37.2 Å². The summed E-state index contributed by atoms with van der Waals surface area (Å²) in [6.07, 6.45) is 5.22. The fourth-order valence-corrected chi connectivity index (χ4v) is 2.34. The molecule has 0 saturated heterocycles. The molecule has 0 aliphatic carbocycles. The number of hydrogen-bond acceptors (Lipinski definition) is 3. The molecule has 0 spiro atoms. The van der Waals surface area contributed by atoms with Gasteiger partial charge in [-0.15, -0.1) is 0 Å². The molecule has 2 aromatic rings. The van der Waals surface area contributed by atoms with Gasteiger partial charge in [0.25, 0.3) is 5.91 Å². The average molecular weight is 304 g/mol. The Bertz CT molecular complexity index is 616. The van der Waals surface area contributed by atoms with Gasteiger partial charge in [-0.05, 0) is 36.2 Å². The molecule has 5 heteroatoms. The zero-order chi connectivity index (χ0) is 15.2. The minimum absolute atomic E-state index is 0.0616. The van der Waals surface area contributed by atoms with Gasteiger partial charge >= 0.3 is 0 Å². The van der Waals surface area contributed by atoms with E-state index in [-0.39, 0.29) is 5.91 Å². The summed E-state index contributed by atoms with van der Waals surface area (Å²) in [6, 6.07) is 7.23. The van der Waals surface area contributed by atoms with Gasteiger partial charge in [0.1, 0.15) is 5.15 Å². The summed E-state index contributed by atoms with van der Waals surface area (Å²) in [5, 5.41) is 0.363. The Morgan fingerprint density at radius 2 is 2.00 bits per heavy atom. The molecule has 21 heavy (non-hydrogen) atoms. The Kier molecular flexibility index (Phi) is 5.28. The minimum Gasteiger partial charge on any atom is -0.337 e. The predicted molar refractivity (Wildman–Crippen MR) is 83.3 cm³/mol. The molecule has 0 fully saturated rings. The second kappa shape index (κ2) is 7.18. The van der Waals surface area contributed by atoms with Crippen LogP contribution in [0.5, 0.6) is 0 Å². The molecular formula is C16H18ClN3O. The monoisotopic (exact) mass is 303 g/mol. The quantitative estimate of drug-likeness (QED) is 0.796. The number of aryl methyl sites for hydroxylation is 1. The summed E-state index contributed by atoms with van der Waals surface area (Å²) >= 11 is 6.00. The number of pyridine rings is 2. The van der Waals surface area contributed by atoms with Crippen LogP contribution in [0.15, 0.2) is 36.7 Å². The van der Waals surface area contributed by atoms with E-state index in [2.05, 4.69) is 16.9 Å². The van der Waals surface area contributed by atoms with Crippen molar-refractivity contribution in [1.82, 2.24) is 14.9 Å². The molecule has 0 aliphatic rings. The standard InChI is InChI=1S/C16H18ClN3O/c1-3-4-14-9-13(10-15(17)19-14)16(21)20(2)11-12-5-7-18-8-6-12/h5-10H,3-4,11H2,1-2H3. The molecule has 0 saturated carbocycles. The molecule has 4 nitrogen and oxygen atoms in total. The number of nitrogens with zero attached hydrogens (tertiary/aromatic N) is 3. The van der Waals surface area contributed by atoms with Gasteiger partial charge in [0.05, 0.1) is 0 Å². The van der Waals surface area contributed by atoms with Gasteiger partial charge in [-0.25, -0.2) is 4.98 Å². The van der Waals surface area contributed by atoms with Crippen LogP contribution in [0.2, 0.25) is 5.15 Å². The van der Waals surface area contributed by atoms with Crippen LogP contribution in [0.25, 0.3) is 0 Å². The Morgan fingerprint density at radius 3 is 2.67 bits per heavy atom. The highest BCUT2D eigenvalue weighted by Crippen LogP contribution is 2.15. The van der Waals surface area contributed by atoms with Crippen LogP contribution in [0.3, 0.4) is 0 Å². The molecule has 0 unspecified atom stereocenters. The first-order chi connectivity index (χ1) is 10.1. The Balaban J connectivity index is 2.15. The lowest BCUT2D eigenvalue weighted by Crippen LogP contribution is -2.26. The molecule has 110 valence electrons. The average Bonchev–Trinajstić information content (AvgIpc) is 2.47. The van der Waals surface area contributed by atoms with E-state index in [0.717, 1.165) is 24.1 Å². The van der Waals surface area contributed by atoms with E-state index in [4.69, 9.17) is 11.6 Å². The number of hydrogen-bond donors (Lipinski definition) is 0. The van der Waals surface area contributed by atoms with Crippen LogP contribution in [0.1, 0.15) is 35.0 Å². The van der Waals surface area contributed by atoms with Crippen molar-refractivity contribution in [3.05, 3.63) is 58.6 Å². The Labute approximate surface area is 129 Å². The zero-order valence-electron chi connectivity index (χ0n) is 12.2. The number of aromatic nitrogens is 2. The second-order valence-corrected chi connectivity index (χ2v) is 5.32. The molecule has 1 amide bonds. The maximum Gasteiger partial charge on any atom is 0.254 e. The molecule has 0 N–H and O–H groups in total. The van der Waals surface area contributed by atoms with E-state index in [1.165, 1.54) is 0 Å². The van der Waals surface area contributed by atoms with Crippen molar-refractivity contribution in [1.29, 1.82) is 0 Å². The summed E-state index contributed by atoms with van der Waals surface area (Å²) < 4.78 is 0. The first-order valence-corrected chi connectivity index (χ1v) is 7.28. The van der Waals surface area contributed by atoms with Crippen LogP contribution in [0, 0.1) is 0 Å². The molecular weight excluding hydrogens is 286 g/mol. The van der Waals surface area contributed by atoms with Crippen molar-refractivity contribution < 1.29 is 4.79 Å². The van der Waals surface area contributed by atoms with Crippen molar-refractivity contribution in [2.75, 3.05) is 7.05 Å². The van der Waals surface area contributed by atoms with Crippen molar-refractivity contribution in [2.45, 2.75) is 26.3 Å². The fraction of sp³-hybridized carbons (Fsp3) is 0.312. The maximum atomic E-state index is 12.5. The van der Waals surface area contributed by atoms with Gasteiger partial charge in [0.15, 0.2) is 0 Å². The topological polar surface area (TPSA) is 46.1 Å². The van der Waals surface area contributed by atoms with Crippen molar-refractivity contribution >= 4 is 17.5 Å². The van der Waals surface area contributed by atoms with Gasteiger partial charge in [-0.2, -0.15) is 0 Å². The van der Waals surface area contributed by atoms with Crippen LogP contribution in [-0.2, 0) is 13.0 Å². The number of amides is 1. The second-order valence-electron chi connectivity index (χ2n) is 4.94. The first kappa shape index (κ1) is 15.4. The van der Waals surface area contributed by atoms with Gasteiger partial charge in [0.2, 0.25) is 0 Å². The first-order valence-electron chi connectivity index (χ1n) is 6.91. The molecule has 2 heterocycles. The summed E-state index contributed by atoms with van der Waals surface area (Å²) in [6.45, 7) is 2.60. The third-order valence-corrected chi connectivity index (χ3v) is 3.31. The number of carbonyl (C=O) groups is 1. The Hall–Kier alpha value is -1.94. The molecule has 2 rings (SSSR count). The Morgan fingerprint density at radius 1 is 1.29 bits per heavy atom. The summed E-state index contributed by atoms with van der Waals surface area (Å²) in [4.78, 5) is 22.4. The van der Waals surface area contributed by atoms with Gasteiger partial charge < -0.3 is 4.90 Å². The lowest BCUT2D eigenvalue weighted by molar-refractivity contribution is 0.0785. The molecule has 0 bridgehead atoms. The summed E-state index contributed by atoms with van der Waals surface area (Å²) in [5.74, 6) is -0.0616. The summed E-state index contributed by atoms with van der Waals surface area (Å²) in [7, 11) is 1.77. The lowest BCUT2D eigenvalue weighted by Gasteiger charge is -2.17. The van der Waals surface area contributed by atoms with Gasteiger partial charge in [-0.1, -0.05) is 24.9 Å². The molecule has 0 aromatic carbocycles. The third-order valence-electron chi connectivity index (χ3n) is 3.12. The fourth-order valence-electron chi connectivity index (χ4n) is 2.11. The molecule has 0 radical (unpaired) electrons. The summed E-state index contributed by atoms with van der Waals surface area (Å²) in [5.41, 5.74) is 2.47. The number of carbonyl (C=O) groups excluding carboxylic acids is 1. The highest BCUT2D eigenvalue weighted by atomic mass is 35.5. The number of rotatable bonds is 5. The van der Waals surface area contributed by atoms with E-state index in [1.54, 1.807) is 30.4 Å². The van der Waals surface area contributed by atoms with Crippen molar-refractivity contribution in [2.24, 2.45) is 0 Å². The van der Waals surface area contributed by atoms with Crippen LogP contribution in [-0.4, -0.2) is 27.8 Å². The van der Waals surface area contributed by atoms with Crippen LogP contribution < -0.4 is 0 Å². The van der Waals surface area contributed by atoms with Crippen LogP contribution in [0.4, 0.5) is 0 Å². The number of halogens is 1. The van der Waals surface area contributed by atoms with E-state index < -0.39 is 0 Å². The smallest absolute Gasteiger partial charge is 0.254 e. The van der Waals surface area contributed by atoms with Crippen molar-refractivity contribution in [3.8, 4) is 0 Å². The molecule has 2 aromatic heterocycles. The predicted octanol–water partition coefficient (Wildman–Crippen LogP) is 3.35. The SMILES string of the molecule is CCCc1cc(C(=O)N(C)Cc2ccncc2)cc(Cl)n1. The third kappa shape index (κ3) is 4.26. The van der Waals surface area contributed by atoms with E-state index >= 15 is 0 Å².